The van der Waals surface area contributed by atoms with Crippen molar-refractivity contribution in [3.63, 3.8) is 0 Å². The third-order valence-corrected chi connectivity index (χ3v) is 2.45. The van der Waals surface area contributed by atoms with Crippen LogP contribution < -0.4 is 0 Å². The van der Waals surface area contributed by atoms with Crippen molar-refractivity contribution < 1.29 is 5.11 Å². The highest BCUT2D eigenvalue weighted by atomic mass is 16.3. The number of benzene rings is 1. The van der Waals surface area contributed by atoms with Gasteiger partial charge in [0.2, 0.25) is 0 Å². The number of rotatable bonds is 0. The Bertz CT molecular complexity index is 268. The Hall–Kier alpha value is -0.820. The molecule has 1 N–H and O–H groups in total. The largest absolute Gasteiger partial charge is 0.388 e. The molecule has 0 amide bonds. The highest BCUT2D eigenvalue weighted by Crippen LogP contribution is 2.34. The summed E-state index contributed by atoms with van der Waals surface area (Å²) in [5, 5.41) is 9.65. The summed E-state index contributed by atoms with van der Waals surface area (Å²) in [6.07, 6.45) is 0.795. The van der Waals surface area contributed by atoms with Gasteiger partial charge in [-0.15, -0.1) is 0 Å². The van der Waals surface area contributed by atoms with Crippen molar-refractivity contribution in [3.05, 3.63) is 35.4 Å². The lowest BCUT2D eigenvalue weighted by atomic mass is 10.1. The molecular weight excluding hydrogens is 160 g/mol. The fraction of sp³-hybridized carbons (Fsp3) is 0.500. The van der Waals surface area contributed by atoms with E-state index in [2.05, 4.69) is 13.0 Å². The van der Waals surface area contributed by atoms with Crippen molar-refractivity contribution in [1.29, 1.82) is 0 Å². The summed E-state index contributed by atoms with van der Waals surface area (Å²) in [5.41, 5.74) is 2.44. The summed E-state index contributed by atoms with van der Waals surface area (Å²) >= 11 is 0. The van der Waals surface area contributed by atoms with Gasteiger partial charge >= 0.3 is 0 Å². The van der Waals surface area contributed by atoms with Crippen LogP contribution in [0.4, 0.5) is 0 Å². The van der Waals surface area contributed by atoms with Crippen molar-refractivity contribution in [2.75, 3.05) is 0 Å². The van der Waals surface area contributed by atoms with Crippen molar-refractivity contribution in [1.82, 2.24) is 0 Å². The zero-order valence-corrected chi connectivity index (χ0v) is 8.62. The summed E-state index contributed by atoms with van der Waals surface area (Å²) < 4.78 is 0. The molecule has 0 unspecified atom stereocenters. The van der Waals surface area contributed by atoms with Crippen LogP contribution in [0.3, 0.4) is 0 Å². The van der Waals surface area contributed by atoms with Crippen molar-refractivity contribution in [2.24, 2.45) is 5.92 Å². The minimum Gasteiger partial charge on any atom is -0.388 e. The van der Waals surface area contributed by atoms with Gasteiger partial charge in [0.25, 0.3) is 0 Å². The molecule has 2 atom stereocenters. The molecule has 2 rings (SSSR count). The van der Waals surface area contributed by atoms with E-state index >= 15 is 0 Å². The van der Waals surface area contributed by atoms with Crippen LogP contribution in [0.1, 0.15) is 38.0 Å². The van der Waals surface area contributed by atoms with Crippen LogP contribution in [-0.2, 0) is 6.42 Å². The van der Waals surface area contributed by atoms with Gasteiger partial charge in [0.15, 0.2) is 0 Å². The van der Waals surface area contributed by atoms with E-state index in [1.165, 1.54) is 5.56 Å². The van der Waals surface area contributed by atoms with E-state index in [1.54, 1.807) is 0 Å². The van der Waals surface area contributed by atoms with Crippen LogP contribution in [0.15, 0.2) is 24.3 Å². The quantitative estimate of drug-likeness (QED) is 0.647. The van der Waals surface area contributed by atoms with Gasteiger partial charge in [0.05, 0.1) is 6.10 Å². The van der Waals surface area contributed by atoms with Gasteiger partial charge in [-0.1, -0.05) is 45.0 Å². The summed E-state index contributed by atoms with van der Waals surface area (Å²) in [5.74, 6) is 0.396. The minimum absolute atomic E-state index is 0.230. The molecule has 0 saturated carbocycles. The monoisotopic (exact) mass is 178 g/mol. The molecule has 1 aliphatic rings. The van der Waals surface area contributed by atoms with Gasteiger partial charge in [0, 0.05) is 0 Å². The number of hydrogen-bond donors (Lipinski definition) is 1. The second-order valence-corrected chi connectivity index (χ2v) is 3.33. The summed E-state index contributed by atoms with van der Waals surface area (Å²) in [7, 11) is 0. The van der Waals surface area contributed by atoms with Crippen LogP contribution in [0.5, 0.6) is 0 Å². The first-order chi connectivity index (χ1) is 6.29. The van der Waals surface area contributed by atoms with Crippen LogP contribution in [-0.4, -0.2) is 5.11 Å². The molecule has 0 heterocycles. The lowest BCUT2D eigenvalue weighted by molar-refractivity contribution is 0.133. The molecular formula is C12H18O. The molecule has 0 radical (unpaired) electrons. The second kappa shape index (κ2) is 4.43. The van der Waals surface area contributed by atoms with Crippen molar-refractivity contribution >= 4 is 0 Å². The molecule has 1 aliphatic carbocycles. The number of fused-ring (bicyclic) bond motifs is 1. The van der Waals surface area contributed by atoms with E-state index in [9.17, 15) is 5.11 Å². The average molecular weight is 178 g/mol. The highest BCUT2D eigenvalue weighted by molar-refractivity contribution is 5.34. The maximum absolute atomic E-state index is 9.65. The SMILES string of the molecule is CC.C[C@H]1Cc2ccccc2[C@@H]1O. The first-order valence-electron chi connectivity index (χ1n) is 5.05. The maximum atomic E-state index is 9.65. The maximum Gasteiger partial charge on any atom is 0.0821 e. The van der Waals surface area contributed by atoms with Gasteiger partial charge in [0.1, 0.15) is 0 Å². The minimum atomic E-state index is -0.230. The third-order valence-electron chi connectivity index (χ3n) is 2.45. The topological polar surface area (TPSA) is 20.2 Å². The third kappa shape index (κ3) is 1.92. The predicted octanol–water partition coefficient (Wildman–Crippen LogP) is 2.94. The standard InChI is InChI=1S/C10H12O.C2H6/c1-7-6-8-4-2-3-5-9(8)10(7)11;1-2/h2-5,7,10-11H,6H2,1H3;1-2H3/t7-,10+;/m0./s1. The molecule has 0 fully saturated rings. The lowest BCUT2D eigenvalue weighted by Gasteiger charge is -2.07. The van der Waals surface area contributed by atoms with Crippen LogP contribution in [0.25, 0.3) is 0 Å². The normalized spacial score (nSPS) is 24.6. The van der Waals surface area contributed by atoms with Gasteiger partial charge in [-0.05, 0) is 23.5 Å². The fourth-order valence-corrected chi connectivity index (χ4v) is 1.77. The summed E-state index contributed by atoms with van der Waals surface area (Å²) in [4.78, 5) is 0. The molecule has 1 heteroatoms. The van der Waals surface area contributed by atoms with Crippen LogP contribution in [0.2, 0.25) is 0 Å². The number of hydrogen-bond acceptors (Lipinski definition) is 1. The van der Waals surface area contributed by atoms with Crippen molar-refractivity contribution in [2.45, 2.75) is 33.3 Å². The van der Waals surface area contributed by atoms with E-state index in [4.69, 9.17) is 0 Å². The van der Waals surface area contributed by atoms with E-state index in [-0.39, 0.29) is 6.10 Å². The van der Waals surface area contributed by atoms with Gasteiger partial charge in [-0.25, -0.2) is 0 Å². The predicted molar refractivity (Wildman–Crippen MR) is 55.6 cm³/mol. The molecule has 0 aromatic heterocycles. The zero-order valence-electron chi connectivity index (χ0n) is 8.62. The van der Waals surface area contributed by atoms with E-state index in [0.29, 0.717) is 5.92 Å². The smallest absolute Gasteiger partial charge is 0.0821 e. The van der Waals surface area contributed by atoms with Gasteiger partial charge < -0.3 is 5.11 Å². The zero-order chi connectivity index (χ0) is 9.84. The summed E-state index contributed by atoms with van der Waals surface area (Å²) in [6, 6.07) is 8.13. The molecule has 72 valence electrons. The Morgan fingerprint density at radius 1 is 1.23 bits per heavy atom. The van der Waals surface area contributed by atoms with Gasteiger partial charge in [-0.2, -0.15) is 0 Å². The fourth-order valence-electron chi connectivity index (χ4n) is 1.77. The van der Waals surface area contributed by atoms with Crippen LogP contribution in [0, 0.1) is 5.92 Å². The Kier molecular flexibility index (Phi) is 3.49. The molecule has 0 aliphatic heterocycles. The molecule has 1 aromatic rings. The van der Waals surface area contributed by atoms with Gasteiger partial charge in [-0.3, -0.25) is 0 Å². The Morgan fingerprint density at radius 2 is 1.85 bits per heavy atom. The van der Waals surface area contributed by atoms with E-state index in [0.717, 1.165) is 12.0 Å². The first kappa shape index (κ1) is 10.3. The Labute approximate surface area is 80.4 Å². The molecule has 0 bridgehead atoms. The van der Waals surface area contributed by atoms with Crippen LogP contribution >= 0.6 is 0 Å². The second-order valence-electron chi connectivity index (χ2n) is 3.33. The van der Waals surface area contributed by atoms with E-state index < -0.39 is 0 Å². The molecule has 13 heavy (non-hydrogen) atoms. The number of aliphatic hydroxyl groups excluding tert-OH is 1. The molecule has 0 saturated heterocycles. The lowest BCUT2D eigenvalue weighted by Crippen LogP contribution is -2.00. The average Bonchev–Trinajstić information content (AvgIpc) is 2.47. The molecule has 1 aromatic carbocycles. The van der Waals surface area contributed by atoms with Crippen molar-refractivity contribution in [3.8, 4) is 0 Å². The highest BCUT2D eigenvalue weighted by Gasteiger charge is 2.26. The summed E-state index contributed by atoms with van der Waals surface area (Å²) in [6.45, 7) is 6.09. The molecule has 1 nitrogen and oxygen atoms in total. The Morgan fingerprint density at radius 3 is 2.46 bits per heavy atom. The van der Waals surface area contributed by atoms with E-state index in [1.807, 2.05) is 32.0 Å². The molecule has 0 spiro atoms. The Balaban J connectivity index is 0.000000396. The first-order valence-corrected chi connectivity index (χ1v) is 5.05. The number of aliphatic hydroxyl groups is 1.